The highest BCUT2D eigenvalue weighted by Crippen LogP contribution is 2.44. The largest absolute Gasteiger partial charge is 0.496 e. The number of fused-ring (bicyclic) bond motifs is 1. The first kappa shape index (κ1) is 28.7. The molecule has 3 aromatic carbocycles. The zero-order valence-electron chi connectivity index (χ0n) is 23.8. The lowest BCUT2D eigenvalue weighted by molar-refractivity contribution is -0.385. The van der Waals surface area contributed by atoms with Crippen molar-refractivity contribution in [3.8, 4) is 34.1 Å². The van der Waals surface area contributed by atoms with Crippen LogP contribution in [0.4, 0.5) is 11.4 Å². The van der Waals surface area contributed by atoms with Gasteiger partial charge in [-0.25, -0.2) is 4.79 Å². The molecule has 0 atom stereocenters. The Balaban J connectivity index is 1.58. The van der Waals surface area contributed by atoms with E-state index in [-0.39, 0.29) is 23.6 Å². The third kappa shape index (κ3) is 5.80. The Labute approximate surface area is 247 Å². The first-order valence-electron chi connectivity index (χ1n) is 13.1. The van der Waals surface area contributed by atoms with Crippen LogP contribution in [0.25, 0.3) is 16.7 Å². The number of benzene rings is 3. The molecule has 4 aromatic rings. The Hall–Kier alpha value is -4.83. The lowest BCUT2D eigenvalue weighted by atomic mass is 9.85. The molecule has 9 nitrogen and oxygen atoms in total. The molecule has 0 aliphatic carbocycles. The van der Waals surface area contributed by atoms with E-state index in [0.717, 1.165) is 33.5 Å². The number of nitrogens with zero attached hydrogens (tertiary/aromatic N) is 1. The lowest BCUT2D eigenvalue weighted by Crippen LogP contribution is -2.32. The van der Waals surface area contributed by atoms with Crippen molar-refractivity contribution in [1.29, 1.82) is 0 Å². The number of allylic oxidation sites excluding steroid dienone is 1. The van der Waals surface area contributed by atoms with Crippen LogP contribution in [0.2, 0.25) is 0 Å². The molecule has 0 spiro atoms. The maximum atomic E-state index is 12.5. The lowest BCUT2D eigenvalue weighted by Gasteiger charge is -2.33. The van der Waals surface area contributed by atoms with Gasteiger partial charge < -0.3 is 24.3 Å². The minimum Gasteiger partial charge on any atom is -0.496 e. The summed E-state index contributed by atoms with van der Waals surface area (Å²) < 4.78 is 23.0. The molecule has 1 aliphatic rings. The SMILES string of the molecule is COc1ccc([N+](=O)[O-])cc1OCc1c(-c2ccc(OC(=O)c3ccsc3)cc2OC)ccc2c1C(C)=CC(C)(C)N2. The van der Waals surface area contributed by atoms with Gasteiger partial charge in [0.15, 0.2) is 11.5 Å². The Morgan fingerprint density at radius 2 is 1.74 bits per heavy atom. The highest BCUT2D eigenvalue weighted by molar-refractivity contribution is 7.08. The molecule has 2 heterocycles. The molecule has 0 fully saturated rings. The number of ether oxygens (including phenoxy) is 4. The Kier molecular flexibility index (Phi) is 7.91. The predicted octanol–water partition coefficient (Wildman–Crippen LogP) is 7.75. The zero-order valence-corrected chi connectivity index (χ0v) is 24.7. The van der Waals surface area contributed by atoms with Gasteiger partial charge in [-0.1, -0.05) is 12.1 Å². The summed E-state index contributed by atoms with van der Waals surface area (Å²) in [5.74, 6) is 1.04. The van der Waals surface area contributed by atoms with E-state index in [1.807, 2.05) is 30.5 Å². The normalized spacial score (nSPS) is 13.3. The van der Waals surface area contributed by atoms with Crippen molar-refractivity contribution in [3.63, 3.8) is 0 Å². The molecule has 0 saturated carbocycles. The van der Waals surface area contributed by atoms with Gasteiger partial charge in [-0.3, -0.25) is 10.1 Å². The number of hydrogen-bond donors (Lipinski definition) is 1. The van der Waals surface area contributed by atoms with Gasteiger partial charge in [0, 0.05) is 39.9 Å². The quantitative estimate of drug-likeness (QED) is 0.0918. The van der Waals surface area contributed by atoms with Crippen LogP contribution in [0, 0.1) is 10.1 Å². The van der Waals surface area contributed by atoms with Crippen molar-refractivity contribution in [2.24, 2.45) is 0 Å². The van der Waals surface area contributed by atoms with Crippen LogP contribution in [-0.2, 0) is 6.61 Å². The minimum atomic E-state index is -0.474. The zero-order chi connectivity index (χ0) is 30.0. The molecule has 0 unspecified atom stereocenters. The number of carbonyl (C=O) groups is 1. The first-order chi connectivity index (χ1) is 20.1. The van der Waals surface area contributed by atoms with Crippen molar-refractivity contribution in [3.05, 3.63) is 98.2 Å². The summed E-state index contributed by atoms with van der Waals surface area (Å²) in [6.07, 6.45) is 2.15. The number of methoxy groups -OCH3 is 2. The fourth-order valence-corrected chi connectivity index (χ4v) is 5.77. The van der Waals surface area contributed by atoms with Gasteiger partial charge in [-0.05, 0) is 67.6 Å². The molecular formula is C32H30N2O7S. The van der Waals surface area contributed by atoms with Gasteiger partial charge in [-0.15, -0.1) is 0 Å². The summed E-state index contributed by atoms with van der Waals surface area (Å²) in [6.45, 7) is 6.32. The second-order valence-corrected chi connectivity index (χ2v) is 11.1. The van der Waals surface area contributed by atoms with Crippen molar-refractivity contribution >= 4 is 34.3 Å². The Morgan fingerprint density at radius 1 is 0.976 bits per heavy atom. The van der Waals surface area contributed by atoms with Crippen LogP contribution < -0.4 is 24.3 Å². The fraction of sp³-hybridized carbons (Fsp3) is 0.219. The van der Waals surface area contributed by atoms with E-state index in [0.29, 0.717) is 22.8 Å². The van der Waals surface area contributed by atoms with Crippen LogP contribution in [0.15, 0.2) is 71.4 Å². The van der Waals surface area contributed by atoms with Gasteiger partial charge in [0.05, 0.1) is 36.3 Å². The van der Waals surface area contributed by atoms with Crippen LogP contribution in [0.1, 0.15) is 42.3 Å². The third-order valence-electron chi connectivity index (χ3n) is 6.90. The summed E-state index contributed by atoms with van der Waals surface area (Å²) in [4.78, 5) is 23.5. The summed E-state index contributed by atoms with van der Waals surface area (Å²) >= 11 is 1.42. The number of anilines is 1. The highest BCUT2D eigenvalue weighted by Gasteiger charge is 2.27. The molecule has 1 aromatic heterocycles. The fourth-order valence-electron chi connectivity index (χ4n) is 5.15. The van der Waals surface area contributed by atoms with Gasteiger partial charge >= 0.3 is 5.97 Å². The molecule has 0 bridgehead atoms. The van der Waals surface area contributed by atoms with Crippen LogP contribution in [-0.4, -0.2) is 30.7 Å². The predicted molar refractivity (Wildman–Crippen MR) is 163 cm³/mol. The van der Waals surface area contributed by atoms with E-state index >= 15 is 0 Å². The number of rotatable bonds is 9. The van der Waals surface area contributed by atoms with E-state index in [4.69, 9.17) is 18.9 Å². The van der Waals surface area contributed by atoms with Crippen LogP contribution >= 0.6 is 11.3 Å². The van der Waals surface area contributed by atoms with Crippen molar-refractivity contribution in [2.75, 3.05) is 19.5 Å². The number of nitro groups is 1. The smallest absolute Gasteiger partial charge is 0.344 e. The van der Waals surface area contributed by atoms with E-state index < -0.39 is 10.9 Å². The second kappa shape index (κ2) is 11.6. The van der Waals surface area contributed by atoms with Crippen molar-refractivity contribution in [1.82, 2.24) is 0 Å². The average molecular weight is 587 g/mol. The molecule has 1 N–H and O–H groups in total. The number of carbonyl (C=O) groups excluding carboxylic acids is 1. The van der Waals surface area contributed by atoms with Crippen molar-refractivity contribution in [2.45, 2.75) is 32.9 Å². The maximum absolute atomic E-state index is 12.5. The van der Waals surface area contributed by atoms with Gasteiger partial charge in [0.1, 0.15) is 18.1 Å². The third-order valence-corrected chi connectivity index (χ3v) is 7.59. The van der Waals surface area contributed by atoms with Crippen LogP contribution in [0.5, 0.6) is 23.0 Å². The standard InChI is InChI=1S/C32H30N2O7S/c1-19-16-32(2,3)33-26-10-9-23(24-8-7-22(15-28(24)39-5)41-31(35)20-12-13-42-18-20)25(30(19)26)17-40-29-14-21(34(36)37)6-11-27(29)38-4/h6-16,18,33H,17H2,1-5H3. The highest BCUT2D eigenvalue weighted by atomic mass is 32.1. The van der Waals surface area contributed by atoms with E-state index in [1.54, 1.807) is 30.7 Å². The number of nitro benzene ring substituents is 1. The van der Waals surface area contributed by atoms with Crippen molar-refractivity contribution < 1.29 is 28.7 Å². The molecule has 0 radical (unpaired) electrons. The summed E-state index contributed by atoms with van der Waals surface area (Å²) in [7, 11) is 3.04. The molecule has 216 valence electrons. The number of non-ortho nitro benzene ring substituents is 1. The summed E-state index contributed by atoms with van der Waals surface area (Å²) in [5, 5.41) is 18.6. The van der Waals surface area contributed by atoms with E-state index in [9.17, 15) is 14.9 Å². The molecule has 42 heavy (non-hydrogen) atoms. The molecule has 0 saturated heterocycles. The minimum absolute atomic E-state index is 0.0847. The molecule has 1 aliphatic heterocycles. The summed E-state index contributed by atoms with van der Waals surface area (Å²) in [6, 6.07) is 15.2. The monoisotopic (exact) mass is 586 g/mol. The molecular weight excluding hydrogens is 556 g/mol. The number of nitrogens with one attached hydrogen (secondary N) is 1. The van der Waals surface area contributed by atoms with Gasteiger partial charge in [0.25, 0.3) is 5.69 Å². The Morgan fingerprint density at radius 3 is 2.43 bits per heavy atom. The van der Waals surface area contributed by atoms with E-state index in [2.05, 4.69) is 25.2 Å². The number of esters is 1. The number of thiophene rings is 1. The summed E-state index contributed by atoms with van der Waals surface area (Å²) in [5.41, 5.74) is 5.52. The first-order valence-corrected chi connectivity index (χ1v) is 14.1. The van der Waals surface area contributed by atoms with Crippen LogP contribution in [0.3, 0.4) is 0 Å². The second-order valence-electron chi connectivity index (χ2n) is 10.3. The van der Waals surface area contributed by atoms with E-state index in [1.165, 1.54) is 36.6 Å². The number of hydrogen-bond acceptors (Lipinski definition) is 9. The van der Waals surface area contributed by atoms with Gasteiger partial charge in [-0.2, -0.15) is 11.3 Å². The maximum Gasteiger partial charge on any atom is 0.344 e. The molecule has 5 rings (SSSR count). The average Bonchev–Trinajstić information content (AvgIpc) is 3.50. The molecule has 0 amide bonds. The topological polar surface area (TPSA) is 109 Å². The van der Waals surface area contributed by atoms with Gasteiger partial charge in [0.2, 0.25) is 0 Å². The Bertz CT molecular complexity index is 1690. The molecule has 10 heteroatoms.